The summed E-state index contributed by atoms with van der Waals surface area (Å²) >= 11 is 1.56. The van der Waals surface area contributed by atoms with Crippen molar-refractivity contribution in [3.63, 3.8) is 0 Å². The van der Waals surface area contributed by atoms with Gasteiger partial charge in [-0.1, -0.05) is 56.8 Å². The highest BCUT2D eigenvalue weighted by molar-refractivity contribution is 7.15. The van der Waals surface area contributed by atoms with E-state index in [4.69, 9.17) is 0 Å². The van der Waals surface area contributed by atoms with E-state index < -0.39 is 0 Å². The number of hydrogen-bond donors (Lipinski definition) is 1. The van der Waals surface area contributed by atoms with Gasteiger partial charge in [-0.3, -0.25) is 4.79 Å². The number of amides is 1. The molecule has 1 heterocycles. The number of unbranched alkanes of at least 4 members (excludes halogenated alkanes) is 3. The first kappa shape index (κ1) is 15.4. The molecular formula is C15H25N3OS. The van der Waals surface area contributed by atoms with E-state index >= 15 is 0 Å². The number of anilines is 1. The molecule has 0 aliphatic heterocycles. The Labute approximate surface area is 125 Å². The number of hydrogen-bond acceptors (Lipinski definition) is 4. The molecule has 0 radical (unpaired) electrons. The van der Waals surface area contributed by atoms with Crippen molar-refractivity contribution >= 4 is 22.4 Å². The van der Waals surface area contributed by atoms with Gasteiger partial charge in [0.1, 0.15) is 5.01 Å². The van der Waals surface area contributed by atoms with Crippen LogP contribution in [0.3, 0.4) is 0 Å². The summed E-state index contributed by atoms with van der Waals surface area (Å²) in [7, 11) is 0. The van der Waals surface area contributed by atoms with E-state index in [1.165, 1.54) is 44.9 Å². The number of carbonyl (C=O) groups is 1. The van der Waals surface area contributed by atoms with E-state index in [2.05, 4.69) is 22.4 Å². The fraction of sp³-hybridized carbons (Fsp3) is 0.800. The summed E-state index contributed by atoms with van der Waals surface area (Å²) in [4.78, 5) is 11.8. The lowest BCUT2D eigenvalue weighted by atomic mass is 9.90. The smallest absolute Gasteiger partial charge is 0.226 e. The number of carbonyl (C=O) groups excluding carboxylic acids is 1. The first-order valence-corrected chi connectivity index (χ1v) is 8.74. The van der Waals surface area contributed by atoms with Gasteiger partial charge in [-0.05, 0) is 19.3 Å². The van der Waals surface area contributed by atoms with Gasteiger partial charge in [-0.15, -0.1) is 10.2 Å². The highest BCUT2D eigenvalue weighted by Gasteiger charge is 2.20. The van der Waals surface area contributed by atoms with Crippen LogP contribution in [0.5, 0.6) is 0 Å². The summed E-state index contributed by atoms with van der Waals surface area (Å²) in [6.07, 6.45) is 11.5. The maximum Gasteiger partial charge on any atom is 0.226 e. The zero-order valence-electron chi connectivity index (χ0n) is 12.4. The molecule has 1 saturated carbocycles. The third-order valence-corrected chi connectivity index (χ3v) is 4.90. The minimum absolute atomic E-state index is 0.0763. The Kier molecular flexibility index (Phi) is 6.43. The summed E-state index contributed by atoms with van der Waals surface area (Å²) in [6, 6.07) is 0. The van der Waals surface area contributed by atoms with E-state index in [0.717, 1.165) is 17.8 Å². The lowest BCUT2D eigenvalue weighted by molar-refractivity contribution is -0.116. The van der Waals surface area contributed by atoms with Gasteiger partial charge >= 0.3 is 0 Å². The molecule has 0 aromatic carbocycles. The molecule has 4 nitrogen and oxygen atoms in total. The average molecular weight is 295 g/mol. The van der Waals surface area contributed by atoms with E-state index in [1.807, 2.05) is 0 Å². The molecule has 112 valence electrons. The second-order valence-electron chi connectivity index (χ2n) is 5.64. The van der Waals surface area contributed by atoms with Crippen molar-refractivity contribution in [2.75, 3.05) is 5.32 Å². The molecule has 5 heteroatoms. The van der Waals surface area contributed by atoms with E-state index in [9.17, 15) is 4.79 Å². The van der Waals surface area contributed by atoms with Crippen LogP contribution in [-0.4, -0.2) is 16.1 Å². The van der Waals surface area contributed by atoms with Crippen LogP contribution in [0, 0.1) is 0 Å². The number of rotatable bonds is 7. The molecule has 0 saturated heterocycles. The van der Waals surface area contributed by atoms with Crippen LogP contribution in [0.2, 0.25) is 0 Å². The van der Waals surface area contributed by atoms with Crippen LogP contribution in [0.25, 0.3) is 0 Å². The lowest BCUT2D eigenvalue weighted by Gasteiger charge is -2.18. The summed E-state index contributed by atoms with van der Waals surface area (Å²) in [5.41, 5.74) is 0. The highest BCUT2D eigenvalue weighted by atomic mass is 32.1. The predicted octanol–water partition coefficient (Wildman–Crippen LogP) is 4.49. The minimum Gasteiger partial charge on any atom is -0.301 e. The number of nitrogens with one attached hydrogen (secondary N) is 1. The normalized spacial score (nSPS) is 16.2. The second-order valence-corrected chi connectivity index (χ2v) is 6.65. The Morgan fingerprint density at radius 2 is 2.00 bits per heavy atom. The quantitative estimate of drug-likeness (QED) is 0.754. The molecule has 0 unspecified atom stereocenters. The van der Waals surface area contributed by atoms with Gasteiger partial charge in [-0.2, -0.15) is 0 Å². The topological polar surface area (TPSA) is 54.9 Å². The molecule has 0 bridgehead atoms. The van der Waals surface area contributed by atoms with Crippen LogP contribution >= 0.6 is 11.3 Å². The van der Waals surface area contributed by atoms with Crippen LogP contribution in [0.15, 0.2) is 0 Å². The Bertz CT molecular complexity index is 413. The van der Waals surface area contributed by atoms with Gasteiger partial charge in [0, 0.05) is 12.3 Å². The van der Waals surface area contributed by atoms with Gasteiger partial charge < -0.3 is 5.32 Å². The van der Waals surface area contributed by atoms with Gasteiger partial charge in [0.2, 0.25) is 11.0 Å². The maximum absolute atomic E-state index is 11.8. The van der Waals surface area contributed by atoms with E-state index in [-0.39, 0.29) is 5.91 Å². The van der Waals surface area contributed by atoms with Gasteiger partial charge in [-0.25, -0.2) is 0 Å². The van der Waals surface area contributed by atoms with Gasteiger partial charge in [0.25, 0.3) is 0 Å². The Hall–Kier alpha value is -0.970. The van der Waals surface area contributed by atoms with Crippen LogP contribution in [-0.2, 0) is 4.79 Å². The van der Waals surface area contributed by atoms with E-state index in [1.54, 1.807) is 11.3 Å². The molecule has 1 N–H and O–H groups in total. The highest BCUT2D eigenvalue weighted by Crippen LogP contribution is 2.35. The summed E-state index contributed by atoms with van der Waals surface area (Å²) < 4.78 is 0. The lowest BCUT2D eigenvalue weighted by Crippen LogP contribution is -2.10. The standard InChI is InChI=1S/C15H25N3OS/c1-2-3-4-8-11-13(19)16-15-18-17-14(20-15)12-9-6-5-7-10-12/h12H,2-11H2,1H3,(H,16,18,19). The van der Waals surface area contributed by atoms with Crippen LogP contribution < -0.4 is 5.32 Å². The first-order chi connectivity index (χ1) is 9.79. The van der Waals surface area contributed by atoms with Crippen molar-refractivity contribution in [3.8, 4) is 0 Å². The fourth-order valence-electron chi connectivity index (χ4n) is 2.69. The zero-order valence-corrected chi connectivity index (χ0v) is 13.2. The third-order valence-electron chi connectivity index (χ3n) is 3.90. The molecule has 20 heavy (non-hydrogen) atoms. The molecule has 1 fully saturated rings. The maximum atomic E-state index is 11.8. The van der Waals surface area contributed by atoms with Crippen molar-refractivity contribution in [2.45, 2.75) is 77.0 Å². The molecular weight excluding hydrogens is 270 g/mol. The summed E-state index contributed by atoms with van der Waals surface area (Å²) in [5, 5.41) is 13.0. The first-order valence-electron chi connectivity index (χ1n) is 7.93. The van der Waals surface area contributed by atoms with Crippen molar-refractivity contribution in [1.82, 2.24) is 10.2 Å². The van der Waals surface area contributed by atoms with Crippen LogP contribution in [0.4, 0.5) is 5.13 Å². The molecule has 1 aromatic heterocycles. The number of nitrogens with zero attached hydrogens (tertiary/aromatic N) is 2. The molecule has 0 spiro atoms. The summed E-state index contributed by atoms with van der Waals surface area (Å²) in [6.45, 7) is 2.17. The fourth-order valence-corrected chi connectivity index (χ4v) is 3.62. The van der Waals surface area contributed by atoms with Crippen molar-refractivity contribution in [3.05, 3.63) is 5.01 Å². The molecule has 1 amide bonds. The minimum atomic E-state index is 0.0763. The second kappa shape index (κ2) is 8.35. The molecule has 1 aliphatic rings. The van der Waals surface area contributed by atoms with Gasteiger partial charge in [0.05, 0.1) is 0 Å². The van der Waals surface area contributed by atoms with Gasteiger partial charge in [0.15, 0.2) is 0 Å². The predicted molar refractivity (Wildman–Crippen MR) is 83.1 cm³/mol. The van der Waals surface area contributed by atoms with Crippen molar-refractivity contribution < 1.29 is 4.79 Å². The Balaban J connectivity index is 1.75. The zero-order chi connectivity index (χ0) is 14.2. The molecule has 0 atom stereocenters. The molecule has 2 rings (SSSR count). The third kappa shape index (κ3) is 4.85. The molecule has 1 aromatic rings. The van der Waals surface area contributed by atoms with Crippen LogP contribution in [0.1, 0.15) is 82.1 Å². The molecule has 1 aliphatic carbocycles. The largest absolute Gasteiger partial charge is 0.301 e. The van der Waals surface area contributed by atoms with Crippen molar-refractivity contribution in [1.29, 1.82) is 0 Å². The Morgan fingerprint density at radius 1 is 1.20 bits per heavy atom. The average Bonchev–Trinajstić information content (AvgIpc) is 2.93. The monoisotopic (exact) mass is 295 g/mol. The Morgan fingerprint density at radius 3 is 2.75 bits per heavy atom. The van der Waals surface area contributed by atoms with E-state index in [0.29, 0.717) is 17.5 Å². The summed E-state index contributed by atoms with van der Waals surface area (Å²) in [5.74, 6) is 0.643. The van der Waals surface area contributed by atoms with Crippen molar-refractivity contribution in [2.24, 2.45) is 0 Å². The number of aromatic nitrogens is 2. The SMILES string of the molecule is CCCCCCC(=O)Nc1nnc(C2CCCCC2)s1.